The molecular formula is C21H24N2O4S. The predicted octanol–water partition coefficient (Wildman–Crippen LogP) is 4.45. The minimum absolute atomic E-state index is 0.0155. The molecule has 0 atom stereocenters. The van der Waals surface area contributed by atoms with Gasteiger partial charge in [-0.1, -0.05) is 44.0 Å². The van der Waals surface area contributed by atoms with E-state index in [0.29, 0.717) is 23.7 Å². The molecule has 2 N–H and O–H groups in total. The number of aromatic nitrogens is 1. The van der Waals surface area contributed by atoms with E-state index in [2.05, 4.69) is 9.71 Å². The van der Waals surface area contributed by atoms with Crippen molar-refractivity contribution in [1.82, 2.24) is 4.98 Å². The Bertz CT molecular complexity index is 1030. The lowest BCUT2D eigenvalue weighted by atomic mass is 10.1. The molecule has 6 nitrogen and oxygen atoms in total. The summed E-state index contributed by atoms with van der Waals surface area (Å²) in [6, 6.07) is 14.6. The Morgan fingerprint density at radius 3 is 2.68 bits per heavy atom. The lowest BCUT2D eigenvalue weighted by Gasteiger charge is -2.10. The van der Waals surface area contributed by atoms with Crippen LogP contribution < -0.4 is 9.46 Å². The fraction of sp³-hybridized carbons (Fsp3) is 0.286. The fourth-order valence-electron chi connectivity index (χ4n) is 2.88. The van der Waals surface area contributed by atoms with E-state index in [4.69, 9.17) is 4.74 Å². The Kier molecular flexibility index (Phi) is 6.49. The third-order valence-corrected chi connectivity index (χ3v) is 5.70. The topological polar surface area (TPSA) is 88.5 Å². The number of pyridine rings is 1. The van der Waals surface area contributed by atoms with Crippen molar-refractivity contribution in [1.29, 1.82) is 0 Å². The molecule has 1 aromatic heterocycles. The van der Waals surface area contributed by atoms with E-state index in [0.717, 1.165) is 29.2 Å². The van der Waals surface area contributed by atoms with Gasteiger partial charge in [0.05, 0.1) is 24.2 Å². The SMILES string of the molecule is CCCCCS(=O)(=O)Nc1ccc(Oc2cccc3cc(CO)ccc23)nc1. The quantitative estimate of drug-likeness (QED) is 0.518. The van der Waals surface area contributed by atoms with Crippen molar-refractivity contribution < 1.29 is 18.3 Å². The molecule has 0 aliphatic carbocycles. The number of aliphatic hydroxyl groups is 1. The number of nitrogens with one attached hydrogen (secondary N) is 1. The van der Waals surface area contributed by atoms with Crippen molar-refractivity contribution in [3.8, 4) is 11.6 Å². The molecule has 0 spiro atoms. The Balaban J connectivity index is 1.72. The van der Waals surface area contributed by atoms with Crippen LogP contribution in [0.5, 0.6) is 11.6 Å². The molecule has 2 aromatic carbocycles. The van der Waals surface area contributed by atoms with E-state index in [1.807, 2.05) is 43.3 Å². The minimum atomic E-state index is -3.37. The monoisotopic (exact) mass is 400 g/mol. The summed E-state index contributed by atoms with van der Waals surface area (Å²) in [5.41, 5.74) is 1.24. The molecule has 0 saturated carbocycles. The second kappa shape index (κ2) is 9.03. The van der Waals surface area contributed by atoms with Gasteiger partial charge in [-0.25, -0.2) is 13.4 Å². The highest BCUT2D eigenvalue weighted by Gasteiger charge is 2.11. The molecule has 3 rings (SSSR count). The minimum Gasteiger partial charge on any atom is -0.438 e. The number of sulfonamides is 1. The molecule has 7 heteroatoms. The summed E-state index contributed by atoms with van der Waals surface area (Å²) in [5, 5.41) is 11.1. The molecule has 0 amide bonds. The first-order chi connectivity index (χ1) is 13.5. The number of anilines is 1. The van der Waals surface area contributed by atoms with Gasteiger partial charge >= 0.3 is 0 Å². The van der Waals surface area contributed by atoms with Gasteiger partial charge in [0.15, 0.2) is 0 Å². The zero-order chi connectivity index (χ0) is 20.0. The molecule has 0 radical (unpaired) electrons. The first-order valence-corrected chi connectivity index (χ1v) is 10.9. The normalized spacial score (nSPS) is 11.5. The average Bonchev–Trinajstić information content (AvgIpc) is 2.69. The molecule has 0 aliphatic heterocycles. The van der Waals surface area contributed by atoms with Gasteiger partial charge in [-0.15, -0.1) is 0 Å². The van der Waals surface area contributed by atoms with E-state index in [9.17, 15) is 13.5 Å². The summed E-state index contributed by atoms with van der Waals surface area (Å²) in [6.45, 7) is 2.02. The van der Waals surface area contributed by atoms with E-state index < -0.39 is 10.0 Å². The van der Waals surface area contributed by atoms with E-state index in [-0.39, 0.29) is 12.4 Å². The summed E-state index contributed by atoms with van der Waals surface area (Å²) in [4.78, 5) is 4.21. The standard InChI is InChI=1S/C21H24N2O4S/c1-2-3-4-12-28(25,26)23-18-9-11-21(22-14-18)27-20-7-5-6-17-13-16(15-24)8-10-19(17)20/h5-11,13-14,23-24H,2-4,12,15H2,1H3. The first kappa shape index (κ1) is 20.1. The van der Waals surface area contributed by atoms with Crippen LogP contribution in [0.3, 0.4) is 0 Å². The molecule has 3 aromatic rings. The Morgan fingerprint density at radius 1 is 1.11 bits per heavy atom. The maximum absolute atomic E-state index is 12.1. The van der Waals surface area contributed by atoms with Crippen LogP contribution in [-0.4, -0.2) is 24.3 Å². The van der Waals surface area contributed by atoms with Gasteiger partial charge in [-0.2, -0.15) is 0 Å². The average molecular weight is 401 g/mol. The number of rotatable bonds is 9. The summed E-state index contributed by atoms with van der Waals surface area (Å²) >= 11 is 0. The van der Waals surface area contributed by atoms with Gasteiger partial charge in [-0.05, 0) is 35.6 Å². The highest BCUT2D eigenvalue weighted by Crippen LogP contribution is 2.30. The smallest absolute Gasteiger partial charge is 0.232 e. The summed E-state index contributed by atoms with van der Waals surface area (Å²) in [5.74, 6) is 1.11. The molecule has 0 bridgehead atoms. The molecule has 1 heterocycles. The zero-order valence-electron chi connectivity index (χ0n) is 15.8. The summed E-state index contributed by atoms with van der Waals surface area (Å²) in [7, 11) is -3.37. The highest BCUT2D eigenvalue weighted by molar-refractivity contribution is 7.92. The van der Waals surface area contributed by atoms with Crippen molar-refractivity contribution in [3.05, 3.63) is 60.3 Å². The second-order valence-corrected chi connectivity index (χ2v) is 8.43. The molecule has 0 fully saturated rings. The van der Waals surface area contributed by atoms with Crippen LogP contribution in [-0.2, 0) is 16.6 Å². The van der Waals surface area contributed by atoms with Crippen LogP contribution in [0.1, 0.15) is 31.7 Å². The van der Waals surface area contributed by atoms with E-state index in [1.54, 1.807) is 12.1 Å². The molecule has 0 unspecified atom stereocenters. The second-order valence-electron chi connectivity index (χ2n) is 6.58. The van der Waals surface area contributed by atoms with Gasteiger partial charge in [-0.3, -0.25) is 4.72 Å². The highest BCUT2D eigenvalue weighted by atomic mass is 32.2. The maximum Gasteiger partial charge on any atom is 0.232 e. The number of aliphatic hydroxyl groups excluding tert-OH is 1. The number of benzene rings is 2. The third kappa shape index (κ3) is 5.21. The number of hydrogen-bond acceptors (Lipinski definition) is 5. The molecule has 0 saturated heterocycles. The van der Waals surface area contributed by atoms with Crippen LogP contribution >= 0.6 is 0 Å². The van der Waals surface area contributed by atoms with Gasteiger partial charge in [0.2, 0.25) is 15.9 Å². The van der Waals surface area contributed by atoms with Crippen LogP contribution in [0.4, 0.5) is 5.69 Å². The van der Waals surface area contributed by atoms with E-state index in [1.165, 1.54) is 6.20 Å². The number of hydrogen-bond donors (Lipinski definition) is 2. The van der Waals surface area contributed by atoms with Crippen LogP contribution in [0.15, 0.2) is 54.7 Å². The largest absolute Gasteiger partial charge is 0.438 e. The van der Waals surface area contributed by atoms with Crippen molar-refractivity contribution in [2.75, 3.05) is 10.5 Å². The van der Waals surface area contributed by atoms with Crippen LogP contribution in [0, 0.1) is 0 Å². The number of fused-ring (bicyclic) bond motifs is 1. The lowest BCUT2D eigenvalue weighted by Crippen LogP contribution is -2.16. The maximum atomic E-state index is 12.1. The molecule has 0 aliphatic rings. The van der Waals surface area contributed by atoms with Crippen molar-refractivity contribution in [2.24, 2.45) is 0 Å². The molecule has 28 heavy (non-hydrogen) atoms. The van der Waals surface area contributed by atoms with Crippen LogP contribution in [0.2, 0.25) is 0 Å². The molecule has 148 valence electrons. The van der Waals surface area contributed by atoms with Crippen molar-refractivity contribution in [3.63, 3.8) is 0 Å². The number of unbranched alkanes of at least 4 members (excludes halogenated alkanes) is 2. The fourth-order valence-corrected chi connectivity index (χ4v) is 4.04. The van der Waals surface area contributed by atoms with Crippen molar-refractivity contribution >= 4 is 26.5 Å². The zero-order valence-corrected chi connectivity index (χ0v) is 16.6. The predicted molar refractivity (Wildman–Crippen MR) is 111 cm³/mol. The van der Waals surface area contributed by atoms with Crippen LogP contribution in [0.25, 0.3) is 10.8 Å². The molecular weight excluding hydrogens is 376 g/mol. The van der Waals surface area contributed by atoms with Gasteiger partial charge in [0.1, 0.15) is 5.75 Å². The van der Waals surface area contributed by atoms with E-state index >= 15 is 0 Å². The van der Waals surface area contributed by atoms with Gasteiger partial charge in [0.25, 0.3) is 0 Å². The lowest BCUT2D eigenvalue weighted by molar-refractivity contribution is 0.282. The number of nitrogens with zero attached hydrogens (tertiary/aromatic N) is 1. The summed E-state index contributed by atoms with van der Waals surface area (Å²) in [6.07, 6.45) is 3.94. The number of ether oxygens (including phenoxy) is 1. The third-order valence-electron chi connectivity index (χ3n) is 4.33. The Morgan fingerprint density at radius 2 is 1.96 bits per heavy atom. The Hall–Kier alpha value is -2.64. The first-order valence-electron chi connectivity index (χ1n) is 9.27. The Labute approximate surface area is 165 Å². The summed E-state index contributed by atoms with van der Waals surface area (Å²) < 4.78 is 32.5. The van der Waals surface area contributed by atoms with Gasteiger partial charge in [0, 0.05) is 11.5 Å². The van der Waals surface area contributed by atoms with Gasteiger partial charge < -0.3 is 9.84 Å². The van der Waals surface area contributed by atoms with Crippen molar-refractivity contribution in [2.45, 2.75) is 32.8 Å².